The molecule has 4 aromatic rings. The average Bonchev–Trinajstić information content (AvgIpc) is 3.97. The Morgan fingerprint density at radius 3 is 1.69 bits per heavy atom. The van der Waals surface area contributed by atoms with Crippen LogP contribution in [0.2, 0.25) is 0 Å². The Morgan fingerprint density at radius 2 is 1.16 bits per heavy atom. The Bertz CT molecular complexity index is 2440. The zero-order valence-corrected chi connectivity index (χ0v) is 33.2. The lowest BCUT2D eigenvalue weighted by molar-refractivity contribution is -0.0239. The second kappa shape index (κ2) is 16.4. The molecule has 0 unspecified atom stereocenters. The highest BCUT2D eigenvalue weighted by Gasteiger charge is 2.40. The molecule has 1 saturated carbocycles. The van der Waals surface area contributed by atoms with Crippen molar-refractivity contribution in [3.8, 4) is 11.5 Å². The summed E-state index contributed by atoms with van der Waals surface area (Å²) < 4.78 is 166. The second-order valence-electron chi connectivity index (χ2n) is 14.9. The number of hydrogen-bond donors (Lipinski definition) is 2. The standard InChI is InChI=1S/C39H39F6N3O8S2/c1-21-28(40)32(44)36(34(29(21)41)55-26-19-48(20-26)38(49)56-39(2,3)4)57(50,51)47-18-24-12-10-22(11-13-24)16-27-30(42)33(45)37(35(31(27)43)54-25-14-15-25)58(52,53)46-17-23-8-6-5-7-9-23/h5-13,25-26,46-47H,14-20H2,1-4H3. The molecule has 1 aliphatic heterocycles. The molecule has 0 radical (unpaired) electrons. The van der Waals surface area contributed by atoms with Crippen molar-refractivity contribution in [2.45, 2.75) is 87.6 Å². The fraction of sp³-hybridized carbons (Fsp3) is 0.359. The number of halogens is 6. The summed E-state index contributed by atoms with van der Waals surface area (Å²) in [5.74, 6) is -12.2. The third-order valence-corrected chi connectivity index (χ3v) is 11.9. The number of benzene rings is 4. The minimum absolute atomic E-state index is 0.157. The third-order valence-electron chi connectivity index (χ3n) is 9.09. The van der Waals surface area contributed by atoms with E-state index in [1.165, 1.54) is 29.2 Å². The number of rotatable bonds is 14. The van der Waals surface area contributed by atoms with Crippen LogP contribution in [0.4, 0.5) is 31.1 Å². The van der Waals surface area contributed by atoms with E-state index in [1.807, 2.05) is 0 Å². The average molecular weight is 856 g/mol. The zero-order valence-electron chi connectivity index (χ0n) is 31.6. The molecule has 2 fully saturated rings. The molecule has 0 bridgehead atoms. The minimum Gasteiger partial charge on any atom is -0.486 e. The van der Waals surface area contributed by atoms with Gasteiger partial charge in [-0.15, -0.1) is 0 Å². The van der Waals surface area contributed by atoms with Crippen LogP contribution in [0.15, 0.2) is 64.4 Å². The van der Waals surface area contributed by atoms with Gasteiger partial charge in [0, 0.05) is 30.6 Å². The van der Waals surface area contributed by atoms with E-state index >= 15 is 22.0 Å². The molecule has 0 atom stereocenters. The summed E-state index contributed by atoms with van der Waals surface area (Å²) in [7, 11) is -9.85. The molecule has 1 heterocycles. The number of carbonyl (C=O) groups is 1. The van der Waals surface area contributed by atoms with E-state index in [9.17, 15) is 26.0 Å². The fourth-order valence-corrected chi connectivity index (χ4v) is 8.24. The van der Waals surface area contributed by atoms with Crippen LogP contribution in [0.1, 0.15) is 61.4 Å². The molecule has 0 spiro atoms. The van der Waals surface area contributed by atoms with Gasteiger partial charge in [0.1, 0.15) is 11.7 Å². The van der Waals surface area contributed by atoms with Gasteiger partial charge in [-0.05, 0) is 57.2 Å². The normalized spacial score (nSPS) is 15.0. The molecule has 19 heteroatoms. The SMILES string of the molecule is Cc1c(F)c(F)c(S(=O)(=O)NCc2ccc(Cc3c(F)c(F)c(S(=O)(=O)NCc4ccccc4)c(OC4CC4)c3F)cc2)c(OC2CN(C(=O)OC(C)(C)C)C2)c1F. The Morgan fingerprint density at radius 1 is 0.672 bits per heavy atom. The van der Waals surface area contributed by atoms with Crippen LogP contribution >= 0.6 is 0 Å². The van der Waals surface area contributed by atoms with Crippen molar-refractivity contribution in [2.24, 2.45) is 0 Å². The lowest BCUT2D eigenvalue weighted by atomic mass is 10.0. The van der Waals surface area contributed by atoms with E-state index in [4.69, 9.17) is 14.2 Å². The van der Waals surface area contributed by atoms with Gasteiger partial charge in [-0.25, -0.2) is 57.4 Å². The number of amides is 1. The lowest BCUT2D eigenvalue weighted by Gasteiger charge is -2.39. The summed E-state index contributed by atoms with van der Waals surface area (Å²) in [5, 5.41) is 0. The van der Waals surface area contributed by atoms with Crippen molar-refractivity contribution in [1.29, 1.82) is 0 Å². The molecule has 312 valence electrons. The highest BCUT2D eigenvalue weighted by molar-refractivity contribution is 7.89. The first-order chi connectivity index (χ1) is 27.2. The first-order valence-corrected chi connectivity index (χ1v) is 20.9. The number of ether oxygens (including phenoxy) is 3. The quantitative estimate of drug-likeness (QED) is 0.103. The van der Waals surface area contributed by atoms with Gasteiger partial charge < -0.3 is 19.1 Å². The van der Waals surface area contributed by atoms with Crippen LogP contribution in [0.25, 0.3) is 0 Å². The fourth-order valence-electron chi connectivity index (χ4n) is 5.82. The van der Waals surface area contributed by atoms with Gasteiger partial charge in [0.05, 0.1) is 19.2 Å². The van der Waals surface area contributed by atoms with E-state index < -0.39 is 124 Å². The molecular formula is C39H39F6N3O8S2. The van der Waals surface area contributed by atoms with Crippen LogP contribution in [0.3, 0.4) is 0 Å². The Kier molecular flexibility index (Phi) is 12.1. The molecule has 0 aromatic heterocycles. The maximum absolute atomic E-state index is 16.0. The number of nitrogens with one attached hydrogen (secondary N) is 2. The largest absolute Gasteiger partial charge is 0.486 e. The third kappa shape index (κ3) is 9.37. The highest BCUT2D eigenvalue weighted by atomic mass is 32.2. The van der Waals surface area contributed by atoms with Crippen molar-refractivity contribution in [3.05, 3.63) is 117 Å². The monoisotopic (exact) mass is 855 g/mol. The molecule has 11 nitrogen and oxygen atoms in total. The van der Waals surface area contributed by atoms with Gasteiger partial charge in [-0.3, -0.25) is 0 Å². The second-order valence-corrected chi connectivity index (χ2v) is 18.3. The Labute approximate surface area is 331 Å². The van der Waals surface area contributed by atoms with Gasteiger partial charge in [-0.2, -0.15) is 0 Å². The number of sulfonamides is 2. The lowest BCUT2D eigenvalue weighted by Crippen LogP contribution is -2.57. The van der Waals surface area contributed by atoms with Gasteiger partial charge in [0.25, 0.3) is 0 Å². The van der Waals surface area contributed by atoms with Crippen molar-refractivity contribution in [3.63, 3.8) is 0 Å². The Hall–Kier alpha value is -4.85. The molecule has 58 heavy (non-hydrogen) atoms. The van der Waals surface area contributed by atoms with Crippen LogP contribution in [0, 0.1) is 41.8 Å². The first-order valence-electron chi connectivity index (χ1n) is 18.0. The van der Waals surface area contributed by atoms with Crippen molar-refractivity contribution >= 4 is 26.1 Å². The molecule has 2 N–H and O–H groups in total. The molecule has 2 aliphatic rings. The Balaban J connectivity index is 1.18. The topological polar surface area (TPSA) is 140 Å². The van der Waals surface area contributed by atoms with E-state index in [0.717, 1.165) is 6.92 Å². The highest BCUT2D eigenvalue weighted by Crippen LogP contribution is 2.40. The summed E-state index contributed by atoms with van der Waals surface area (Å²) in [4.78, 5) is 10.8. The van der Waals surface area contributed by atoms with Gasteiger partial charge in [0.2, 0.25) is 20.0 Å². The van der Waals surface area contributed by atoms with Crippen molar-refractivity contribution in [2.75, 3.05) is 13.1 Å². The van der Waals surface area contributed by atoms with Gasteiger partial charge >= 0.3 is 6.09 Å². The molecule has 1 saturated heterocycles. The zero-order chi connectivity index (χ0) is 42.3. The van der Waals surface area contributed by atoms with Gasteiger partial charge in [0.15, 0.2) is 56.2 Å². The summed E-state index contributed by atoms with van der Waals surface area (Å²) >= 11 is 0. The van der Waals surface area contributed by atoms with Crippen LogP contribution < -0.4 is 18.9 Å². The van der Waals surface area contributed by atoms with Crippen LogP contribution in [0.5, 0.6) is 11.5 Å². The first kappa shape index (κ1) is 42.7. The van der Waals surface area contributed by atoms with Crippen LogP contribution in [-0.2, 0) is 44.3 Å². The number of hydrogen-bond acceptors (Lipinski definition) is 8. The van der Waals surface area contributed by atoms with E-state index in [0.29, 0.717) is 18.4 Å². The van der Waals surface area contributed by atoms with Gasteiger partial charge in [-0.1, -0.05) is 54.6 Å². The van der Waals surface area contributed by atoms with E-state index in [-0.39, 0.29) is 30.8 Å². The van der Waals surface area contributed by atoms with Crippen LogP contribution in [-0.4, -0.2) is 58.7 Å². The minimum atomic E-state index is -5.03. The predicted octanol–water partition coefficient (Wildman–Crippen LogP) is 6.92. The number of likely N-dealkylation sites (tertiary alicyclic amines) is 1. The number of nitrogens with zero attached hydrogens (tertiary/aromatic N) is 1. The summed E-state index contributed by atoms with van der Waals surface area (Å²) in [6.45, 7) is 4.66. The smallest absolute Gasteiger partial charge is 0.410 e. The predicted molar refractivity (Wildman–Crippen MR) is 197 cm³/mol. The molecular weight excluding hydrogens is 817 g/mol. The van der Waals surface area contributed by atoms with E-state index in [1.54, 1.807) is 51.1 Å². The van der Waals surface area contributed by atoms with Crippen molar-refractivity contribution < 1.29 is 62.2 Å². The summed E-state index contributed by atoms with van der Waals surface area (Å²) in [6, 6.07) is 13.5. The summed E-state index contributed by atoms with van der Waals surface area (Å²) in [5.41, 5.74) is -1.58. The molecule has 4 aromatic carbocycles. The maximum atomic E-state index is 16.0. The number of carbonyl (C=O) groups excluding carboxylic acids is 1. The van der Waals surface area contributed by atoms with E-state index in [2.05, 4.69) is 9.44 Å². The molecule has 6 rings (SSSR count). The summed E-state index contributed by atoms with van der Waals surface area (Å²) in [6.07, 6.45) is -1.99. The molecule has 1 aliphatic carbocycles. The van der Waals surface area contributed by atoms with Crippen molar-refractivity contribution in [1.82, 2.24) is 14.3 Å². The molecule has 1 amide bonds. The maximum Gasteiger partial charge on any atom is 0.410 e.